The van der Waals surface area contributed by atoms with Gasteiger partial charge in [0.05, 0.1) is 11.2 Å². The number of hydrogen-bond acceptors (Lipinski definition) is 3. The van der Waals surface area contributed by atoms with Gasteiger partial charge in [-0.05, 0) is 39.7 Å². The van der Waals surface area contributed by atoms with Gasteiger partial charge in [0, 0.05) is 25.2 Å². The Morgan fingerprint density at radius 3 is 2.10 bits per heavy atom. The van der Waals surface area contributed by atoms with Crippen molar-refractivity contribution in [2.75, 3.05) is 13.1 Å². The number of nitrogens with zero attached hydrogens (tertiary/aromatic N) is 1. The second-order valence-corrected chi connectivity index (χ2v) is 7.44. The molecule has 1 saturated heterocycles. The summed E-state index contributed by atoms with van der Waals surface area (Å²) in [6.45, 7) is 12.8. The number of benzene rings is 1. The van der Waals surface area contributed by atoms with Crippen LogP contribution in [0.1, 0.15) is 52.6 Å². The Labute approximate surface area is 129 Å². The van der Waals surface area contributed by atoms with Crippen LogP contribution in [0.3, 0.4) is 0 Å². The summed E-state index contributed by atoms with van der Waals surface area (Å²) < 4.78 is 6.19. The fourth-order valence-corrected chi connectivity index (χ4v) is 3.72. The normalized spacial score (nSPS) is 24.5. The molecule has 0 aliphatic carbocycles. The van der Waals surface area contributed by atoms with Crippen molar-refractivity contribution in [2.45, 2.75) is 64.3 Å². The van der Waals surface area contributed by atoms with Crippen LogP contribution in [0, 0.1) is 0 Å². The highest BCUT2D eigenvalue weighted by molar-refractivity contribution is 5.20. The van der Waals surface area contributed by atoms with Crippen LogP contribution < -0.4 is 5.73 Å². The van der Waals surface area contributed by atoms with E-state index in [-0.39, 0.29) is 17.2 Å². The first-order valence-corrected chi connectivity index (χ1v) is 7.99. The van der Waals surface area contributed by atoms with Crippen LogP contribution in [0.15, 0.2) is 30.3 Å². The van der Waals surface area contributed by atoms with Gasteiger partial charge in [-0.2, -0.15) is 0 Å². The Morgan fingerprint density at radius 1 is 1.10 bits per heavy atom. The number of ether oxygens (including phenoxy) is 1. The summed E-state index contributed by atoms with van der Waals surface area (Å²) >= 11 is 0. The van der Waals surface area contributed by atoms with Gasteiger partial charge < -0.3 is 10.5 Å². The first kappa shape index (κ1) is 16.5. The number of hydrogen-bond donors (Lipinski definition) is 1. The fraction of sp³-hybridized carbons (Fsp3) is 0.667. The molecule has 0 aromatic heterocycles. The molecule has 1 aromatic carbocycles. The van der Waals surface area contributed by atoms with Gasteiger partial charge in [0.25, 0.3) is 0 Å². The zero-order valence-corrected chi connectivity index (χ0v) is 14.1. The molecule has 0 amide bonds. The molecule has 21 heavy (non-hydrogen) atoms. The van der Waals surface area contributed by atoms with E-state index < -0.39 is 0 Å². The van der Waals surface area contributed by atoms with Crippen molar-refractivity contribution in [3.05, 3.63) is 35.9 Å². The lowest BCUT2D eigenvalue weighted by molar-refractivity contribution is -0.189. The van der Waals surface area contributed by atoms with Gasteiger partial charge in [-0.15, -0.1) is 0 Å². The first-order chi connectivity index (χ1) is 9.74. The predicted octanol–water partition coefficient (Wildman–Crippen LogP) is 3.35. The van der Waals surface area contributed by atoms with Crippen molar-refractivity contribution in [3.63, 3.8) is 0 Å². The van der Waals surface area contributed by atoms with Crippen LogP contribution in [0.2, 0.25) is 0 Å². The van der Waals surface area contributed by atoms with E-state index in [9.17, 15) is 0 Å². The Hall–Kier alpha value is -0.900. The van der Waals surface area contributed by atoms with Gasteiger partial charge in [-0.25, -0.2) is 0 Å². The summed E-state index contributed by atoms with van der Waals surface area (Å²) in [5, 5.41) is 0. The maximum absolute atomic E-state index is 6.58. The van der Waals surface area contributed by atoms with Gasteiger partial charge in [0.2, 0.25) is 0 Å². The summed E-state index contributed by atoms with van der Waals surface area (Å²) in [6, 6.07) is 10.8. The lowest BCUT2D eigenvalue weighted by atomic mass is 9.91. The minimum Gasteiger partial charge on any atom is -0.367 e. The van der Waals surface area contributed by atoms with Crippen molar-refractivity contribution in [2.24, 2.45) is 5.73 Å². The molecule has 1 aliphatic heterocycles. The van der Waals surface area contributed by atoms with E-state index in [1.807, 2.05) is 6.07 Å². The Balaban J connectivity index is 2.20. The number of nitrogens with two attached hydrogens (primary N) is 1. The van der Waals surface area contributed by atoms with Crippen LogP contribution in [-0.4, -0.2) is 35.2 Å². The molecule has 2 rings (SSSR count). The largest absolute Gasteiger partial charge is 0.367 e. The van der Waals surface area contributed by atoms with Crippen molar-refractivity contribution in [1.29, 1.82) is 0 Å². The van der Waals surface area contributed by atoms with Crippen LogP contribution in [0.4, 0.5) is 0 Å². The third-order valence-electron chi connectivity index (χ3n) is 4.21. The molecule has 1 fully saturated rings. The lowest BCUT2D eigenvalue weighted by Crippen LogP contribution is -2.61. The highest BCUT2D eigenvalue weighted by Gasteiger charge is 2.41. The average molecular weight is 290 g/mol. The fourth-order valence-electron chi connectivity index (χ4n) is 3.72. The van der Waals surface area contributed by atoms with Crippen LogP contribution in [0.25, 0.3) is 0 Å². The molecular weight excluding hydrogens is 260 g/mol. The topological polar surface area (TPSA) is 38.5 Å². The third kappa shape index (κ3) is 4.06. The molecule has 1 aromatic rings. The molecular formula is C18H30N2O. The van der Waals surface area contributed by atoms with E-state index in [4.69, 9.17) is 10.5 Å². The summed E-state index contributed by atoms with van der Waals surface area (Å²) in [6.07, 6.45) is 1.04. The van der Waals surface area contributed by atoms with Crippen LogP contribution >= 0.6 is 0 Å². The molecule has 2 N–H and O–H groups in total. The molecule has 1 aliphatic rings. The number of rotatable bonds is 4. The first-order valence-electron chi connectivity index (χ1n) is 7.99. The van der Waals surface area contributed by atoms with E-state index in [2.05, 4.69) is 63.8 Å². The third-order valence-corrected chi connectivity index (χ3v) is 4.21. The molecule has 3 nitrogen and oxygen atoms in total. The Bertz CT molecular complexity index is 440. The maximum atomic E-state index is 6.58. The van der Waals surface area contributed by atoms with Gasteiger partial charge in [0.1, 0.15) is 0 Å². The predicted molar refractivity (Wildman–Crippen MR) is 88.3 cm³/mol. The summed E-state index contributed by atoms with van der Waals surface area (Å²) in [5.74, 6) is 0. The van der Waals surface area contributed by atoms with Crippen molar-refractivity contribution < 1.29 is 4.74 Å². The molecule has 3 heteroatoms. The van der Waals surface area contributed by atoms with E-state index in [0.717, 1.165) is 19.5 Å². The Morgan fingerprint density at radius 2 is 1.62 bits per heavy atom. The second kappa shape index (κ2) is 6.07. The molecule has 2 atom stereocenters. The highest BCUT2D eigenvalue weighted by atomic mass is 16.5. The van der Waals surface area contributed by atoms with Crippen LogP contribution in [-0.2, 0) is 4.74 Å². The zero-order chi connectivity index (χ0) is 15.7. The molecule has 2 unspecified atom stereocenters. The smallest absolute Gasteiger partial charge is 0.0760 e. The summed E-state index contributed by atoms with van der Waals surface area (Å²) in [7, 11) is 0. The zero-order valence-electron chi connectivity index (χ0n) is 14.1. The lowest BCUT2D eigenvalue weighted by Gasteiger charge is -2.50. The standard InChI is InChI=1S/C18H30N2O/c1-6-15(16(19)14-10-8-7-9-11-14)20-12-17(2,3)21-18(4,5)13-20/h7-11,15-16H,6,12-13,19H2,1-5H3. The van der Waals surface area contributed by atoms with Crippen LogP contribution in [0.5, 0.6) is 0 Å². The second-order valence-electron chi connectivity index (χ2n) is 7.44. The Kier molecular flexibility index (Phi) is 4.76. The van der Waals surface area contributed by atoms with E-state index >= 15 is 0 Å². The molecule has 118 valence electrons. The maximum Gasteiger partial charge on any atom is 0.0760 e. The van der Waals surface area contributed by atoms with Gasteiger partial charge in [0.15, 0.2) is 0 Å². The van der Waals surface area contributed by atoms with Crippen molar-refractivity contribution in [1.82, 2.24) is 4.90 Å². The van der Waals surface area contributed by atoms with Gasteiger partial charge >= 0.3 is 0 Å². The van der Waals surface area contributed by atoms with E-state index in [1.54, 1.807) is 0 Å². The van der Waals surface area contributed by atoms with Gasteiger partial charge in [-0.1, -0.05) is 37.3 Å². The van der Waals surface area contributed by atoms with Crippen molar-refractivity contribution >= 4 is 0 Å². The molecule has 0 spiro atoms. The van der Waals surface area contributed by atoms with Crippen molar-refractivity contribution in [3.8, 4) is 0 Å². The molecule has 0 saturated carbocycles. The highest BCUT2D eigenvalue weighted by Crippen LogP contribution is 2.32. The van der Waals surface area contributed by atoms with E-state index in [0.29, 0.717) is 6.04 Å². The molecule has 0 bridgehead atoms. The monoisotopic (exact) mass is 290 g/mol. The quantitative estimate of drug-likeness (QED) is 0.924. The minimum absolute atomic E-state index is 0.0425. The summed E-state index contributed by atoms with van der Waals surface area (Å²) in [4.78, 5) is 2.52. The van der Waals surface area contributed by atoms with E-state index in [1.165, 1.54) is 5.56 Å². The average Bonchev–Trinajstić information content (AvgIpc) is 2.37. The summed E-state index contributed by atoms with van der Waals surface area (Å²) in [5.41, 5.74) is 7.52. The number of morpholine rings is 1. The minimum atomic E-state index is -0.133. The SMILES string of the molecule is CCC(C(N)c1ccccc1)N1CC(C)(C)OC(C)(C)C1. The molecule has 0 radical (unpaired) electrons. The van der Waals surface area contributed by atoms with Gasteiger partial charge in [-0.3, -0.25) is 4.90 Å². The molecule has 1 heterocycles.